The van der Waals surface area contributed by atoms with Crippen molar-refractivity contribution >= 4 is 45.4 Å². The van der Waals surface area contributed by atoms with E-state index in [4.69, 9.17) is 9.15 Å². The van der Waals surface area contributed by atoms with E-state index in [1.807, 2.05) is 47.8 Å². The number of hydrogen-bond donors (Lipinski definition) is 0. The highest BCUT2D eigenvalue weighted by Crippen LogP contribution is 2.29. The zero-order valence-corrected chi connectivity index (χ0v) is 18.5. The first-order chi connectivity index (χ1) is 15.0. The van der Waals surface area contributed by atoms with Gasteiger partial charge in [0.05, 0.1) is 28.4 Å². The number of thiazole rings is 1. The van der Waals surface area contributed by atoms with Crippen LogP contribution in [0, 0.1) is 6.92 Å². The third kappa shape index (κ3) is 4.89. The normalized spacial score (nSPS) is 10.8. The molecule has 0 aliphatic rings. The van der Waals surface area contributed by atoms with Crippen molar-refractivity contribution in [2.45, 2.75) is 26.9 Å². The summed E-state index contributed by atoms with van der Waals surface area (Å²) in [7, 11) is 0. The van der Waals surface area contributed by atoms with Gasteiger partial charge in [-0.2, -0.15) is 0 Å². The third-order valence-corrected chi connectivity index (χ3v) is 6.11. The van der Waals surface area contributed by atoms with E-state index in [-0.39, 0.29) is 18.9 Å². The van der Waals surface area contributed by atoms with Crippen molar-refractivity contribution in [2.24, 2.45) is 0 Å². The van der Waals surface area contributed by atoms with Crippen LogP contribution in [0.25, 0.3) is 10.8 Å². The predicted octanol–water partition coefficient (Wildman–Crippen LogP) is 5.14. The molecule has 0 saturated heterocycles. The van der Waals surface area contributed by atoms with Crippen molar-refractivity contribution in [3.63, 3.8) is 0 Å². The van der Waals surface area contributed by atoms with Crippen LogP contribution in [0.3, 0.4) is 0 Å². The zero-order chi connectivity index (χ0) is 21.8. The molecule has 0 unspecified atom stereocenters. The minimum Gasteiger partial charge on any atom is -0.459 e. The van der Waals surface area contributed by atoms with Gasteiger partial charge in [-0.15, -0.1) is 22.7 Å². The lowest BCUT2D eigenvalue weighted by Crippen LogP contribution is -2.22. The Labute approximate surface area is 187 Å². The maximum absolute atomic E-state index is 12.3. The van der Waals surface area contributed by atoms with Crippen LogP contribution in [0.5, 0.6) is 0 Å². The van der Waals surface area contributed by atoms with Crippen LogP contribution >= 0.6 is 22.7 Å². The topological polar surface area (TPSA) is 85.5 Å². The van der Waals surface area contributed by atoms with E-state index in [2.05, 4.69) is 9.97 Å². The Morgan fingerprint density at radius 1 is 1.10 bits per heavy atom. The van der Waals surface area contributed by atoms with Gasteiger partial charge in [0, 0.05) is 12.3 Å². The van der Waals surface area contributed by atoms with E-state index < -0.39 is 5.97 Å². The number of thiophene rings is 1. The van der Waals surface area contributed by atoms with Crippen LogP contribution in [0.2, 0.25) is 0 Å². The second-order valence-electron chi connectivity index (χ2n) is 6.65. The number of para-hydroxylation sites is 1. The molecule has 1 amide bonds. The molecule has 4 aromatic rings. The summed E-state index contributed by atoms with van der Waals surface area (Å²) in [6.45, 7) is 3.28. The number of carbonyl (C=O) groups is 2. The molecule has 158 valence electrons. The Balaban J connectivity index is 1.38. The van der Waals surface area contributed by atoms with Crippen molar-refractivity contribution in [1.29, 1.82) is 0 Å². The number of carbonyl (C=O) groups excluding carboxylic acids is 2. The number of aryl methyl sites for hydroxylation is 1. The number of esters is 1. The Bertz CT molecular complexity index is 1180. The Morgan fingerprint density at radius 2 is 1.90 bits per heavy atom. The van der Waals surface area contributed by atoms with E-state index in [0.29, 0.717) is 28.2 Å². The highest BCUT2D eigenvalue weighted by Gasteiger charge is 2.19. The van der Waals surface area contributed by atoms with Gasteiger partial charge in [0.2, 0.25) is 11.8 Å². The number of ether oxygens (including phenoxy) is 1. The van der Waals surface area contributed by atoms with Crippen molar-refractivity contribution in [2.75, 3.05) is 4.90 Å². The molecule has 0 spiro atoms. The third-order valence-electron chi connectivity index (χ3n) is 4.38. The van der Waals surface area contributed by atoms with Crippen molar-refractivity contribution in [3.8, 4) is 10.8 Å². The lowest BCUT2D eigenvalue weighted by atomic mass is 10.3. The fourth-order valence-corrected chi connectivity index (χ4v) is 4.43. The van der Waals surface area contributed by atoms with Gasteiger partial charge in [0.15, 0.2) is 5.13 Å². The summed E-state index contributed by atoms with van der Waals surface area (Å²) in [5, 5.41) is 4.24. The monoisotopic (exact) mass is 453 g/mol. The second kappa shape index (κ2) is 9.23. The fourth-order valence-electron chi connectivity index (χ4n) is 2.91. The van der Waals surface area contributed by atoms with E-state index in [0.717, 1.165) is 10.6 Å². The molecule has 0 saturated carbocycles. The Kier molecular flexibility index (Phi) is 6.24. The molecule has 0 radical (unpaired) electrons. The van der Waals surface area contributed by atoms with Gasteiger partial charge in [-0.1, -0.05) is 24.3 Å². The molecule has 3 aromatic heterocycles. The lowest BCUT2D eigenvalue weighted by molar-refractivity contribution is -0.144. The van der Waals surface area contributed by atoms with E-state index >= 15 is 0 Å². The smallest absolute Gasteiger partial charge is 0.312 e. The number of oxazole rings is 1. The number of benzene rings is 1. The predicted molar refractivity (Wildman–Crippen MR) is 119 cm³/mol. The number of anilines is 2. The van der Waals surface area contributed by atoms with E-state index in [9.17, 15) is 9.59 Å². The number of hydrogen-bond acceptors (Lipinski definition) is 8. The highest BCUT2D eigenvalue weighted by molar-refractivity contribution is 7.14. The van der Waals surface area contributed by atoms with Crippen LogP contribution in [0.1, 0.15) is 24.1 Å². The maximum Gasteiger partial charge on any atom is 0.312 e. The first kappa shape index (κ1) is 21.0. The van der Waals surface area contributed by atoms with Gasteiger partial charge >= 0.3 is 5.97 Å². The average molecular weight is 454 g/mol. The van der Waals surface area contributed by atoms with Crippen LogP contribution < -0.4 is 4.90 Å². The number of aromatic nitrogens is 2. The first-order valence-corrected chi connectivity index (χ1v) is 11.2. The van der Waals surface area contributed by atoms with Gasteiger partial charge in [-0.05, 0) is 30.5 Å². The molecular weight excluding hydrogens is 434 g/mol. The summed E-state index contributed by atoms with van der Waals surface area (Å²) in [5.41, 5.74) is 1.86. The summed E-state index contributed by atoms with van der Waals surface area (Å²) in [6, 6.07) is 13.1. The summed E-state index contributed by atoms with van der Waals surface area (Å²) >= 11 is 2.84. The minimum absolute atomic E-state index is 0.0152. The molecule has 0 fully saturated rings. The Morgan fingerprint density at radius 3 is 2.61 bits per heavy atom. The average Bonchev–Trinajstić information content (AvgIpc) is 3.50. The largest absolute Gasteiger partial charge is 0.459 e. The van der Waals surface area contributed by atoms with Crippen LogP contribution in [0.15, 0.2) is 57.6 Å². The molecule has 0 aliphatic heterocycles. The van der Waals surface area contributed by atoms with Crippen molar-refractivity contribution < 1.29 is 18.7 Å². The molecule has 31 heavy (non-hydrogen) atoms. The summed E-state index contributed by atoms with van der Waals surface area (Å²) in [5.74, 6) is 0.531. The molecule has 9 heteroatoms. The Hall–Kier alpha value is -3.30. The molecule has 3 heterocycles. The van der Waals surface area contributed by atoms with Crippen LogP contribution in [0.4, 0.5) is 10.8 Å². The van der Waals surface area contributed by atoms with E-state index in [1.165, 1.54) is 34.5 Å². The number of amides is 1. The molecule has 0 atom stereocenters. The summed E-state index contributed by atoms with van der Waals surface area (Å²) < 4.78 is 11.0. The van der Waals surface area contributed by atoms with Gasteiger partial charge in [0.1, 0.15) is 12.4 Å². The molecule has 7 nitrogen and oxygen atoms in total. The maximum atomic E-state index is 12.3. The first-order valence-electron chi connectivity index (χ1n) is 9.47. The molecule has 4 rings (SSSR count). The standard InChI is InChI=1S/C22H19N3O4S2/c1-14-18(24-21(29-14)19-9-6-10-30-19)11-20(27)28-12-16-13-31-22(23-16)25(15(2)26)17-7-4-3-5-8-17/h3-10,13H,11-12H2,1-2H3. The SMILES string of the molecule is CC(=O)N(c1ccccc1)c1nc(COC(=O)Cc2nc(-c3cccs3)oc2C)cs1. The molecule has 0 bridgehead atoms. The highest BCUT2D eigenvalue weighted by atomic mass is 32.1. The summed E-state index contributed by atoms with van der Waals surface area (Å²) in [6.07, 6.45) is 0.0152. The van der Waals surface area contributed by atoms with Gasteiger partial charge in [-0.3, -0.25) is 14.5 Å². The lowest BCUT2D eigenvalue weighted by Gasteiger charge is -2.17. The van der Waals surface area contributed by atoms with Gasteiger partial charge in [0.25, 0.3) is 0 Å². The second-order valence-corrected chi connectivity index (χ2v) is 8.43. The van der Waals surface area contributed by atoms with E-state index in [1.54, 1.807) is 12.3 Å². The molecule has 0 N–H and O–H groups in total. The van der Waals surface area contributed by atoms with Crippen LogP contribution in [-0.2, 0) is 27.4 Å². The summed E-state index contributed by atoms with van der Waals surface area (Å²) in [4.78, 5) is 35.8. The minimum atomic E-state index is -0.421. The van der Waals surface area contributed by atoms with Gasteiger partial charge in [-0.25, -0.2) is 9.97 Å². The quantitative estimate of drug-likeness (QED) is 0.360. The van der Waals surface area contributed by atoms with Crippen molar-refractivity contribution in [1.82, 2.24) is 9.97 Å². The number of rotatable bonds is 7. The fraction of sp³-hybridized carbons (Fsp3) is 0.182. The molecular formula is C22H19N3O4S2. The van der Waals surface area contributed by atoms with Gasteiger partial charge < -0.3 is 9.15 Å². The molecule has 0 aliphatic carbocycles. The number of nitrogens with zero attached hydrogens (tertiary/aromatic N) is 3. The van der Waals surface area contributed by atoms with Crippen molar-refractivity contribution in [3.05, 3.63) is 70.4 Å². The van der Waals surface area contributed by atoms with Crippen LogP contribution in [-0.4, -0.2) is 21.8 Å². The zero-order valence-electron chi connectivity index (χ0n) is 16.9. The molecule has 1 aromatic carbocycles.